The molecule has 0 saturated carbocycles. The summed E-state index contributed by atoms with van der Waals surface area (Å²) in [5.41, 5.74) is 5.33. The second-order valence-electron chi connectivity index (χ2n) is 6.99. The van der Waals surface area contributed by atoms with Crippen molar-refractivity contribution in [2.24, 2.45) is 0 Å². The number of fused-ring (bicyclic) bond motifs is 1. The van der Waals surface area contributed by atoms with Gasteiger partial charge in [0.05, 0.1) is 10.2 Å². The van der Waals surface area contributed by atoms with Crippen LogP contribution in [0.15, 0.2) is 66.7 Å². The number of rotatable bonds is 4. The first-order valence-electron chi connectivity index (χ1n) is 9.71. The lowest BCUT2D eigenvalue weighted by molar-refractivity contribution is -0.133. The molecule has 0 radical (unpaired) electrons. The van der Waals surface area contributed by atoms with Gasteiger partial charge in [0.15, 0.2) is 0 Å². The Morgan fingerprint density at radius 1 is 0.933 bits per heavy atom. The maximum Gasteiger partial charge on any atom is 0.314 e. The third-order valence-corrected chi connectivity index (χ3v) is 5.85. The Morgan fingerprint density at radius 3 is 2.43 bits per heavy atom. The van der Waals surface area contributed by atoms with Crippen LogP contribution in [0.3, 0.4) is 0 Å². The summed E-state index contributed by atoms with van der Waals surface area (Å²) in [5, 5.41) is 6.24. The highest BCUT2D eigenvalue weighted by Gasteiger charge is 2.15. The number of para-hydroxylation sites is 1. The Hall–Kier alpha value is -3.51. The summed E-state index contributed by atoms with van der Waals surface area (Å²) >= 11 is 1.63. The highest BCUT2D eigenvalue weighted by atomic mass is 32.1. The predicted octanol–water partition coefficient (Wildman–Crippen LogP) is 5.41. The third kappa shape index (κ3) is 4.23. The van der Waals surface area contributed by atoms with Gasteiger partial charge in [-0.2, -0.15) is 0 Å². The number of nitrogens with one attached hydrogen (secondary N) is 2. The van der Waals surface area contributed by atoms with Crippen LogP contribution in [0.1, 0.15) is 18.1 Å². The lowest BCUT2D eigenvalue weighted by Crippen LogP contribution is -2.29. The number of nitrogens with zero attached hydrogens (tertiary/aromatic N) is 1. The van der Waals surface area contributed by atoms with E-state index in [9.17, 15) is 9.59 Å². The molecule has 0 fully saturated rings. The quantitative estimate of drug-likeness (QED) is 0.438. The molecule has 2 amide bonds. The van der Waals surface area contributed by atoms with E-state index in [1.54, 1.807) is 29.5 Å². The molecule has 0 bridgehead atoms. The van der Waals surface area contributed by atoms with Crippen LogP contribution < -0.4 is 10.6 Å². The molecule has 0 unspecified atom stereocenters. The van der Waals surface area contributed by atoms with Crippen LogP contribution in [0.5, 0.6) is 0 Å². The van der Waals surface area contributed by atoms with Gasteiger partial charge in [-0.05, 0) is 66.9 Å². The summed E-state index contributed by atoms with van der Waals surface area (Å²) < 4.78 is 1.14. The van der Waals surface area contributed by atoms with Crippen molar-refractivity contribution in [3.05, 3.63) is 77.9 Å². The average molecular weight is 416 g/mol. The van der Waals surface area contributed by atoms with E-state index in [-0.39, 0.29) is 0 Å². The van der Waals surface area contributed by atoms with Crippen molar-refractivity contribution >= 4 is 44.7 Å². The van der Waals surface area contributed by atoms with E-state index in [0.717, 1.165) is 32.8 Å². The van der Waals surface area contributed by atoms with Crippen LogP contribution in [0.2, 0.25) is 0 Å². The molecule has 6 heteroatoms. The van der Waals surface area contributed by atoms with Crippen molar-refractivity contribution in [2.75, 3.05) is 10.6 Å². The SMILES string of the molecule is CCc1ccccc1NC(=O)C(=O)Nc1ccc(-c2nc3ccc(C)cc3s2)cc1. The first-order chi connectivity index (χ1) is 14.5. The van der Waals surface area contributed by atoms with Gasteiger partial charge >= 0.3 is 11.8 Å². The van der Waals surface area contributed by atoms with Crippen LogP contribution >= 0.6 is 11.3 Å². The first kappa shape index (κ1) is 19.8. The van der Waals surface area contributed by atoms with Crippen LogP contribution in [0.4, 0.5) is 11.4 Å². The smallest absolute Gasteiger partial charge is 0.314 e. The minimum atomic E-state index is -0.705. The van der Waals surface area contributed by atoms with Crippen molar-refractivity contribution < 1.29 is 9.59 Å². The van der Waals surface area contributed by atoms with Crippen LogP contribution in [0, 0.1) is 6.92 Å². The Balaban J connectivity index is 1.44. The number of hydrogen-bond donors (Lipinski definition) is 2. The van der Waals surface area contributed by atoms with E-state index in [4.69, 9.17) is 0 Å². The number of hydrogen-bond acceptors (Lipinski definition) is 4. The summed E-state index contributed by atoms with van der Waals surface area (Å²) in [6.45, 7) is 4.06. The number of carbonyl (C=O) groups excluding carboxylic acids is 2. The molecule has 2 N–H and O–H groups in total. The van der Waals surface area contributed by atoms with Crippen LogP contribution in [0.25, 0.3) is 20.8 Å². The van der Waals surface area contributed by atoms with Gasteiger partial charge in [-0.3, -0.25) is 9.59 Å². The molecule has 0 saturated heterocycles. The number of aromatic nitrogens is 1. The number of aryl methyl sites for hydroxylation is 2. The standard InChI is InChI=1S/C24H21N3O2S/c1-3-16-6-4-5-7-19(16)26-23(29)22(28)25-18-11-9-17(10-12-18)24-27-20-13-8-15(2)14-21(20)30-24/h4-14H,3H2,1-2H3,(H,25,28)(H,26,29). The van der Waals surface area contributed by atoms with E-state index in [0.29, 0.717) is 11.4 Å². The van der Waals surface area contributed by atoms with Crippen LogP contribution in [-0.4, -0.2) is 16.8 Å². The van der Waals surface area contributed by atoms with Gasteiger partial charge in [-0.15, -0.1) is 11.3 Å². The predicted molar refractivity (Wildman–Crippen MR) is 123 cm³/mol. The number of anilines is 2. The molecule has 1 aromatic heterocycles. The molecule has 4 rings (SSSR count). The molecule has 1 heterocycles. The molecule has 5 nitrogen and oxygen atoms in total. The van der Waals surface area contributed by atoms with Gasteiger partial charge in [-0.1, -0.05) is 31.2 Å². The van der Waals surface area contributed by atoms with Crippen molar-refractivity contribution in [1.29, 1.82) is 0 Å². The zero-order chi connectivity index (χ0) is 21.1. The maximum absolute atomic E-state index is 12.3. The van der Waals surface area contributed by atoms with Gasteiger partial charge in [0.1, 0.15) is 5.01 Å². The zero-order valence-corrected chi connectivity index (χ0v) is 17.5. The molecule has 0 aliphatic rings. The van der Waals surface area contributed by atoms with Gasteiger partial charge in [0.25, 0.3) is 0 Å². The number of amides is 2. The van der Waals surface area contributed by atoms with Gasteiger partial charge in [0, 0.05) is 16.9 Å². The average Bonchev–Trinajstić information content (AvgIpc) is 3.17. The maximum atomic E-state index is 12.3. The van der Waals surface area contributed by atoms with E-state index in [1.807, 2.05) is 43.3 Å². The molecule has 30 heavy (non-hydrogen) atoms. The molecule has 0 aliphatic heterocycles. The molecule has 150 valence electrons. The summed E-state index contributed by atoms with van der Waals surface area (Å²) in [6.07, 6.45) is 0.769. The molecular formula is C24H21N3O2S. The highest BCUT2D eigenvalue weighted by Crippen LogP contribution is 2.31. The largest absolute Gasteiger partial charge is 0.318 e. The lowest BCUT2D eigenvalue weighted by Gasteiger charge is -2.10. The zero-order valence-electron chi connectivity index (χ0n) is 16.7. The fraction of sp³-hybridized carbons (Fsp3) is 0.125. The van der Waals surface area contributed by atoms with E-state index in [2.05, 4.69) is 34.7 Å². The van der Waals surface area contributed by atoms with E-state index < -0.39 is 11.8 Å². The first-order valence-corrected chi connectivity index (χ1v) is 10.5. The Bertz CT molecular complexity index is 1230. The Labute approximate surface area is 178 Å². The summed E-state index contributed by atoms with van der Waals surface area (Å²) in [6, 6.07) is 21.0. The highest BCUT2D eigenvalue weighted by molar-refractivity contribution is 7.21. The summed E-state index contributed by atoms with van der Waals surface area (Å²) in [5.74, 6) is -1.40. The molecule has 3 aromatic carbocycles. The number of thiazole rings is 1. The minimum absolute atomic E-state index is 0.555. The number of carbonyl (C=O) groups is 2. The fourth-order valence-electron chi connectivity index (χ4n) is 3.17. The minimum Gasteiger partial charge on any atom is -0.318 e. The normalized spacial score (nSPS) is 10.7. The topological polar surface area (TPSA) is 71.1 Å². The van der Waals surface area contributed by atoms with Crippen molar-refractivity contribution in [1.82, 2.24) is 4.98 Å². The van der Waals surface area contributed by atoms with E-state index in [1.165, 1.54) is 5.56 Å². The van der Waals surface area contributed by atoms with Crippen molar-refractivity contribution in [2.45, 2.75) is 20.3 Å². The second kappa shape index (κ2) is 8.47. The van der Waals surface area contributed by atoms with Crippen molar-refractivity contribution in [3.8, 4) is 10.6 Å². The molecular weight excluding hydrogens is 394 g/mol. The van der Waals surface area contributed by atoms with E-state index >= 15 is 0 Å². The monoisotopic (exact) mass is 415 g/mol. The summed E-state index contributed by atoms with van der Waals surface area (Å²) in [4.78, 5) is 29.2. The summed E-state index contributed by atoms with van der Waals surface area (Å²) in [7, 11) is 0. The van der Waals surface area contributed by atoms with Gasteiger partial charge in [-0.25, -0.2) is 4.98 Å². The van der Waals surface area contributed by atoms with Crippen LogP contribution in [-0.2, 0) is 16.0 Å². The molecule has 4 aromatic rings. The molecule has 0 aliphatic carbocycles. The lowest BCUT2D eigenvalue weighted by atomic mass is 10.1. The van der Waals surface area contributed by atoms with Gasteiger partial charge in [0.2, 0.25) is 0 Å². The Kier molecular flexibility index (Phi) is 5.59. The fourth-order valence-corrected chi connectivity index (χ4v) is 4.24. The van der Waals surface area contributed by atoms with Gasteiger partial charge < -0.3 is 10.6 Å². The third-order valence-electron chi connectivity index (χ3n) is 4.79. The van der Waals surface area contributed by atoms with Crippen molar-refractivity contribution in [3.63, 3.8) is 0 Å². The number of benzene rings is 3. The Morgan fingerprint density at radius 2 is 1.67 bits per heavy atom. The molecule has 0 spiro atoms. The second-order valence-corrected chi connectivity index (χ2v) is 8.02. The molecule has 0 atom stereocenters.